The number of esters is 1. The van der Waals surface area contributed by atoms with Gasteiger partial charge >= 0.3 is 5.97 Å². The highest BCUT2D eigenvalue weighted by Gasteiger charge is 2.29. The Morgan fingerprint density at radius 1 is 0.926 bits per heavy atom. The van der Waals surface area contributed by atoms with Crippen molar-refractivity contribution >= 4 is 5.97 Å². The van der Waals surface area contributed by atoms with Gasteiger partial charge in [-0.05, 0) is 22.3 Å². The van der Waals surface area contributed by atoms with E-state index in [4.69, 9.17) is 19.3 Å². The molecule has 27 heavy (non-hydrogen) atoms. The smallest absolute Gasteiger partial charge is 0.337 e. The Kier molecular flexibility index (Phi) is 6.95. The molecule has 0 heterocycles. The second kappa shape index (κ2) is 9.62. The predicted octanol–water partition coefficient (Wildman–Crippen LogP) is 1.73. The number of benzene rings is 2. The van der Waals surface area contributed by atoms with Crippen LogP contribution in [-0.4, -0.2) is 61.9 Å². The van der Waals surface area contributed by atoms with Gasteiger partial charge in [0.05, 0.1) is 33.0 Å². The second-order valence-corrected chi connectivity index (χ2v) is 6.28. The first-order valence-corrected chi connectivity index (χ1v) is 9.01. The van der Waals surface area contributed by atoms with Crippen LogP contribution in [0.15, 0.2) is 48.5 Å². The fourth-order valence-electron chi connectivity index (χ4n) is 3.25. The molecule has 6 nitrogen and oxygen atoms in total. The van der Waals surface area contributed by atoms with Crippen molar-refractivity contribution in [1.82, 2.24) is 0 Å². The van der Waals surface area contributed by atoms with Gasteiger partial charge in [0.15, 0.2) is 6.10 Å². The van der Waals surface area contributed by atoms with Crippen molar-refractivity contribution < 1.29 is 29.2 Å². The minimum absolute atomic E-state index is 0.0404. The molecule has 1 atom stereocenters. The molecule has 2 N–H and O–H groups in total. The molecule has 0 saturated carbocycles. The first-order chi connectivity index (χ1) is 13.2. The number of aliphatic hydroxyl groups excluding tert-OH is 2. The van der Waals surface area contributed by atoms with E-state index >= 15 is 0 Å². The zero-order chi connectivity index (χ0) is 19.1. The van der Waals surface area contributed by atoms with Crippen molar-refractivity contribution in [3.63, 3.8) is 0 Å². The number of ether oxygens (including phenoxy) is 3. The number of fused-ring (bicyclic) bond motifs is 3. The van der Waals surface area contributed by atoms with Gasteiger partial charge in [0.25, 0.3) is 0 Å². The average Bonchev–Trinajstić information content (AvgIpc) is 3.02. The fourth-order valence-corrected chi connectivity index (χ4v) is 3.25. The molecule has 1 aliphatic carbocycles. The van der Waals surface area contributed by atoms with Gasteiger partial charge in [0.1, 0.15) is 6.61 Å². The standard InChI is InChI=1S/C21H24O6/c22-9-10-25-11-12-26-14-20(23)21(24)27-13-19-17-7-3-1-5-15(17)16-6-2-4-8-18(16)19/h1-8,19-20,22-23H,9-14H2. The van der Waals surface area contributed by atoms with Gasteiger partial charge in [0, 0.05) is 5.92 Å². The third-order valence-electron chi connectivity index (χ3n) is 4.51. The van der Waals surface area contributed by atoms with Crippen LogP contribution in [0.3, 0.4) is 0 Å². The van der Waals surface area contributed by atoms with E-state index in [1.54, 1.807) is 0 Å². The number of carbonyl (C=O) groups is 1. The Morgan fingerprint density at radius 3 is 2.15 bits per heavy atom. The Labute approximate surface area is 158 Å². The highest BCUT2D eigenvalue weighted by molar-refractivity contribution is 5.79. The summed E-state index contributed by atoms with van der Waals surface area (Å²) in [4.78, 5) is 12.1. The summed E-state index contributed by atoms with van der Waals surface area (Å²) in [5.41, 5.74) is 4.55. The molecule has 3 rings (SSSR count). The average molecular weight is 372 g/mol. The van der Waals surface area contributed by atoms with Gasteiger partial charge in [0.2, 0.25) is 0 Å². The Morgan fingerprint density at radius 2 is 1.52 bits per heavy atom. The largest absolute Gasteiger partial charge is 0.463 e. The van der Waals surface area contributed by atoms with Crippen molar-refractivity contribution in [3.8, 4) is 11.1 Å². The monoisotopic (exact) mass is 372 g/mol. The topological polar surface area (TPSA) is 85.2 Å². The van der Waals surface area contributed by atoms with Crippen LogP contribution >= 0.6 is 0 Å². The molecule has 0 amide bonds. The van der Waals surface area contributed by atoms with E-state index in [1.807, 2.05) is 36.4 Å². The number of hydrogen-bond acceptors (Lipinski definition) is 6. The third kappa shape index (κ3) is 4.73. The molecular formula is C21H24O6. The van der Waals surface area contributed by atoms with E-state index in [9.17, 15) is 9.90 Å². The molecule has 2 aromatic rings. The summed E-state index contributed by atoms with van der Waals surface area (Å²) in [5, 5.41) is 18.5. The number of carbonyl (C=O) groups excluding carboxylic acids is 1. The minimum atomic E-state index is -1.34. The minimum Gasteiger partial charge on any atom is -0.463 e. The van der Waals surface area contributed by atoms with E-state index in [0.717, 1.165) is 22.3 Å². The lowest BCUT2D eigenvalue weighted by Gasteiger charge is -2.16. The summed E-state index contributed by atoms with van der Waals surface area (Å²) in [6, 6.07) is 16.2. The van der Waals surface area contributed by atoms with E-state index < -0.39 is 12.1 Å². The molecule has 0 bridgehead atoms. The molecule has 0 radical (unpaired) electrons. The first-order valence-electron chi connectivity index (χ1n) is 9.01. The fraction of sp³-hybridized carbons (Fsp3) is 0.381. The van der Waals surface area contributed by atoms with Gasteiger partial charge in [-0.15, -0.1) is 0 Å². The van der Waals surface area contributed by atoms with Crippen LogP contribution < -0.4 is 0 Å². The highest BCUT2D eigenvalue weighted by atomic mass is 16.6. The maximum absolute atomic E-state index is 12.1. The number of aliphatic hydroxyl groups is 2. The SMILES string of the molecule is O=C(OCC1c2ccccc2-c2ccccc21)C(O)COCCOCCO. The predicted molar refractivity (Wildman–Crippen MR) is 99.4 cm³/mol. The van der Waals surface area contributed by atoms with Crippen LogP contribution in [0.25, 0.3) is 11.1 Å². The van der Waals surface area contributed by atoms with E-state index in [1.165, 1.54) is 0 Å². The van der Waals surface area contributed by atoms with Crippen LogP contribution in [0.4, 0.5) is 0 Å². The van der Waals surface area contributed by atoms with E-state index in [0.29, 0.717) is 0 Å². The summed E-state index contributed by atoms with van der Waals surface area (Å²) in [7, 11) is 0. The van der Waals surface area contributed by atoms with Gasteiger partial charge in [-0.25, -0.2) is 4.79 Å². The zero-order valence-electron chi connectivity index (χ0n) is 15.0. The molecule has 144 valence electrons. The van der Waals surface area contributed by atoms with E-state index in [2.05, 4.69) is 12.1 Å². The lowest BCUT2D eigenvalue weighted by atomic mass is 9.98. The van der Waals surface area contributed by atoms with Crippen molar-refractivity contribution in [2.24, 2.45) is 0 Å². The molecule has 1 unspecified atom stereocenters. The maximum atomic E-state index is 12.1. The quantitative estimate of drug-likeness (QED) is 0.488. The maximum Gasteiger partial charge on any atom is 0.337 e. The molecule has 0 aliphatic heterocycles. The highest BCUT2D eigenvalue weighted by Crippen LogP contribution is 2.44. The summed E-state index contributed by atoms with van der Waals surface area (Å²) >= 11 is 0. The molecule has 0 aromatic heterocycles. The molecule has 0 fully saturated rings. The summed E-state index contributed by atoms with van der Waals surface area (Å²) < 4.78 is 15.6. The van der Waals surface area contributed by atoms with Gasteiger partial charge in [-0.3, -0.25) is 0 Å². The van der Waals surface area contributed by atoms with Crippen molar-refractivity contribution in [2.45, 2.75) is 12.0 Å². The molecule has 2 aromatic carbocycles. The normalized spacial score (nSPS) is 13.9. The van der Waals surface area contributed by atoms with E-state index in [-0.39, 0.29) is 45.6 Å². The molecule has 0 spiro atoms. The Bertz CT molecular complexity index is 714. The third-order valence-corrected chi connectivity index (χ3v) is 4.51. The molecule has 0 saturated heterocycles. The Balaban J connectivity index is 1.52. The number of rotatable bonds is 10. The summed E-state index contributed by atoms with van der Waals surface area (Å²) in [6.45, 7) is 0.717. The lowest BCUT2D eigenvalue weighted by molar-refractivity contribution is -0.157. The zero-order valence-corrected chi connectivity index (χ0v) is 15.0. The van der Waals surface area contributed by atoms with Crippen LogP contribution in [0.2, 0.25) is 0 Å². The summed E-state index contributed by atoms with van der Waals surface area (Å²) in [6.07, 6.45) is -1.34. The van der Waals surface area contributed by atoms with Gasteiger partial charge in [-0.1, -0.05) is 48.5 Å². The summed E-state index contributed by atoms with van der Waals surface area (Å²) in [5.74, 6) is -0.741. The Hall–Kier alpha value is -2.25. The molecule has 1 aliphatic rings. The van der Waals surface area contributed by atoms with Crippen LogP contribution in [0, 0.1) is 0 Å². The van der Waals surface area contributed by atoms with Crippen LogP contribution in [0.1, 0.15) is 17.0 Å². The molecular weight excluding hydrogens is 348 g/mol. The second-order valence-electron chi connectivity index (χ2n) is 6.28. The van der Waals surface area contributed by atoms with Crippen molar-refractivity contribution in [2.75, 3.05) is 39.6 Å². The van der Waals surface area contributed by atoms with Crippen molar-refractivity contribution in [3.05, 3.63) is 59.7 Å². The van der Waals surface area contributed by atoms with Crippen molar-refractivity contribution in [1.29, 1.82) is 0 Å². The van der Waals surface area contributed by atoms with Gasteiger partial charge < -0.3 is 24.4 Å². The lowest BCUT2D eigenvalue weighted by Crippen LogP contribution is -2.30. The van der Waals surface area contributed by atoms with Crippen LogP contribution in [0.5, 0.6) is 0 Å². The van der Waals surface area contributed by atoms with Crippen LogP contribution in [-0.2, 0) is 19.0 Å². The number of hydrogen-bond donors (Lipinski definition) is 2. The van der Waals surface area contributed by atoms with Gasteiger partial charge in [-0.2, -0.15) is 0 Å². The first kappa shape index (κ1) is 19.5. The molecule has 6 heteroatoms.